The van der Waals surface area contributed by atoms with Gasteiger partial charge in [0.15, 0.2) is 0 Å². The lowest BCUT2D eigenvalue weighted by atomic mass is 9.87. The van der Waals surface area contributed by atoms with Crippen molar-refractivity contribution in [2.75, 3.05) is 13.1 Å². The lowest BCUT2D eigenvalue weighted by molar-refractivity contribution is -0.137. The normalized spacial score (nSPS) is 24.2. The van der Waals surface area contributed by atoms with E-state index in [0.717, 1.165) is 49.9 Å². The van der Waals surface area contributed by atoms with Crippen LogP contribution in [0.3, 0.4) is 0 Å². The second-order valence-corrected chi connectivity index (χ2v) is 13.4. The van der Waals surface area contributed by atoms with Crippen LogP contribution in [-0.4, -0.2) is 49.8 Å². The predicted octanol–water partition coefficient (Wildman–Crippen LogP) is 4.80. The van der Waals surface area contributed by atoms with Crippen LogP contribution in [0.1, 0.15) is 72.3 Å². The Labute approximate surface area is 213 Å². The number of carbonyl (C=O) groups is 1. The van der Waals surface area contributed by atoms with Crippen molar-refractivity contribution in [3.05, 3.63) is 29.8 Å². The summed E-state index contributed by atoms with van der Waals surface area (Å²) < 4.78 is 66.3. The van der Waals surface area contributed by atoms with E-state index in [1.165, 1.54) is 4.31 Å². The molecule has 3 rings (SSSR count). The van der Waals surface area contributed by atoms with Gasteiger partial charge in [-0.25, -0.2) is 8.42 Å². The van der Waals surface area contributed by atoms with Gasteiger partial charge in [0.25, 0.3) is 0 Å². The molecule has 1 saturated heterocycles. The van der Waals surface area contributed by atoms with E-state index in [1.54, 1.807) is 0 Å². The molecule has 1 saturated carbocycles. The number of alkyl halides is 3. The van der Waals surface area contributed by atoms with Crippen LogP contribution in [0.5, 0.6) is 0 Å². The number of rotatable bonds is 9. The molecule has 1 heterocycles. The zero-order valence-corrected chi connectivity index (χ0v) is 22.7. The van der Waals surface area contributed by atoms with E-state index < -0.39 is 21.8 Å². The molecule has 1 aromatic rings. The number of hydrogen-bond donors (Lipinski definition) is 2. The highest BCUT2D eigenvalue weighted by atomic mass is 32.2. The molecule has 204 valence electrons. The minimum Gasteiger partial charge on any atom is -0.352 e. The van der Waals surface area contributed by atoms with Crippen LogP contribution >= 0.6 is 0 Å². The van der Waals surface area contributed by atoms with E-state index in [1.807, 2.05) is 0 Å². The van der Waals surface area contributed by atoms with Gasteiger partial charge in [0.2, 0.25) is 15.9 Å². The van der Waals surface area contributed by atoms with Gasteiger partial charge in [-0.05, 0) is 73.6 Å². The first-order valence-electron chi connectivity index (χ1n) is 12.9. The van der Waals surface area contributed by atoms with Gasteiger partial charge < -0.3 is 10.6 Å². The molecule has 0 spiro atoms. The molecule has 2 N–H and O–H groups in total. The summed E-state index contributed by atoms with van der Waals surface area (Å²) in [5, 5.41) is 6.73. The third-order valence-electron chi connectivity index (χ3n) is 7.53. The molecule has 1 aromatic carbocycles. The van der Waals surface area contributed by atoms with Crippen LogP contribution in [0.15, 0.2) is 29.2 Å². The Morgan fingerprint density at radius 2 is 1.67 bits per heavy atom. The van der Waals surface area contributed by atoms with Gasteiger partial charge >= 0.3 is 6.18 Å². The molecule has 1 amide bonds. The van der Waals surface area contributed by atoms with Crippen LogP contribution in [0.4, 0.5) is 13.2 Å². The molecule has 0 bridgehead atoms. The van der Waals surface area contributed by atoms with Crippen molar-refractivity contribution in [3.8, 4) is 0 Å². The molecule has 0 radical (unpaired) electrons. The molecule has 6 nitrogen and oxygen atoms in total. The van der Waals surface area contributed by atoms with E-state index in [2.05, 4.69) is 45.3 Å². The summed E-state index contributed by atoms with van der Waals surface area (Å²) in [6.45, 7) is 11.1. The molecular weight excluding hydrogens is 491 g/mol. The van der Waals surface area contributed by atoms with Crippen LogP contribution < -0.4 is 10.6 Å². The lowest BCUT2D eigenvalue weighted by Crippen LogP contribution is -2.53. The Bertz CT molecular complexity index is 1000. The maximum absolute atomic E-state index is 13.3. The van der Waals surface area contributed by atoms with Crippen molar-refractivity contribution in [2.45, 2.75) is 95.9 Å². The standard InChI is InChI=1S/C26H40F3N3O3S/c1-6-19(7-2)30-23(14-25(3,4)5)24(33)31-22-13-8-17-15-32(16-21(17)22)36(34,35)20-11-9-18(10-12-20)26(27,28)29/h9-12,17,19,21-23,30H,6-8,13-16H2,1-5H3,(H,31,33)/t17-,21+,22+,23+/m1/s1. The molecule has 1 aliphatic carbocycles. The van der Waals surface area contributed by atoms with Gasteiger partial charge in [0.05, 0.1) is 16.5 Å². The van der Waals surface area contributed by atoms with Crippen LogP contribution in [0, 0.1) is 17.3 Å². The van der Waals surface area contributed by atoms with Gasteiger partial charge in [-0.15, -0.1) is 0 Å². The van der Waals surface area contributed by atoms with Gasteiger partial charge in [0, 0.05) is 25.2 Å². The topological polar surface area (TPSA) is 78.5 Å². The van der Waals surface area contributed by atoms with E-state index in [4.69, 9.17) is 0 Å². The van der Waals surface area contributed by atoms with E-state index >= 15 is 0 Å². The number of nitrogens with one attached hydrogen (secondary N) is 2. The highest BCUT2D eigenvalue weighted by molar-refractivity contribution is 7.89. The average Bonchev–Trinajstić information content (AvgIpc) is 3.37. The SMILES string of the molecule is CCC(CC)N[C@@H](CC(C)(C)C)C(=O)N[C@H]1CC[C@@H]2CN(S(=O)(=O)c3ccc(C(F)(F)F)cc3)C[C@@H]21. The number of nitrogens with zero attached hydrogens (tertiary/aromatic N) is 1. The van der Waals surface area contributed by atoms with Crippen molar-refractivity contribution < 1.29 is 26.4 Å². The van der Waals surface area contributed by atoms with Crippen LogP contribution in [0.25, 0.3) is 0 Å². The van der Waals surface area contributed by atoms with Crippen molar-refractivity contribution >= 4 is 15.9 Å². The first-order valence-corrected chi connectivity index (χ1v) is 14.3. The number of sulfonamides is 1. The Balaban J connectivity index is 1.69. The Morgan fingerprint density at radius 3 is 2.19 bits per heavy atom. The summed E-state index contributed by atoms with van der Waals surface area (Å²) in [5.41, 5.74) is -0.923. The molecule has 4 atom stereocenters. The predicted molar refractivity (Wildman–Crippen MR) is 134 cm³/mol. The summed E-state index contributed by atoms with van der Waals surface area (Å²) in [7, 11) is -3.92. The van der Waals surface area contributed by atoms with E-state index in [0.29, 0.717) is 13.0 Å². The fourth-order valence-electron chi connectivity index (χ4n) is 5.50. The second-order valence-electron chi connectivity index (χ2n) is 11.5. The van der Waals surface area contributed by atoms with E-state index in [9.17, 15) is 26.4 Å². The highest BCUT2D eigenvalue weighted by Crippen LogP contribution is 2.40. The molecule has 36 heavy (non-hydrogen) atoms. The van der Waals surface area contributed by atoms with Gasteiger partial charge in [-0.3, -0.25) is 4.79 Å². The molecular formula is C26H40F3N3O3S. The number of fused-ring (bicyclic) bond motifs is 1. The number of benzene rings is 1. The molecule has 1 aliphatic heterocycles. The summed E-state index contributed by atoms with van der Waals surface area (Å²) in [5.74, 6) is 0.0562. The fourth-order valence-corrected chi connectivity index (χ4v) is 7.03. The van der Waals surface area contributed by atoms with Crippen molar-refractivity contribution in [3.63, 3.8) is 0 Å². The third kappa shape index (κ3) is 6.81. The fraction of sp³-hybridized carbons (Fsp3) is 0.731. The zero-order valence-electron chi connectivity index (χ0n) is 21.9. The molecule has 0 aromatic heterocycles. The Kier molecular flexibility index (Phi) is 8.83. The molecule has 2 fully saturated rings. The average molecular weight is 532 g/mol. The van der Waals surface area contributed by atoms with Crippen LogP contribution in [-0.2, 0) is 21.0 Å². The molecule has 10 heteroatoms. The summed E-state index contributed by atoms with van der Waals surface area (Å²) in [6.07, 6.45) is -0.386. The summed E-state index contributed by atoms with van der Waals surface area (Å²) in [6, 6.07) is 3.43. The van der Waals surface area contributed by atoms with Crippen molar-refractivity contribution in [1.29, 1.82) is 0 Å². The second kappa shape index (κ2) is 11.0. The first-order chi connectivity index (χ1) is 16.7. The number of carbonyl (C=O) groups excluding carboxylic acids is 1. The number of halogens is 3. The zero-order chi connectivity index (χ0) is 26.9. The Morgan fingerprint density at radius 1 is 1.06 bits per heavy atom. The number of amides is 1. The van der Waals surface area contributed by atoms with E-state index in [-0.39, 0.29) is 52.7 Å². The smallest absolute Gasteiger partial charge is 0.352 e. The van der Waals surface area contributed by atoms with Crippen molar-refractivity contribution in [1.82, 2.24) is 14.9 Å². The Hall–Kier alpha value is -1.65. The summed E-state index contributed by atoms with van der Waals surface area (Å²) >= 11 is 0. The quantitative estimate of drug-likeness (QED) is 0.480. The monoisotopic (exact) mass is 531 g/mol. The molecule has 2 aliphatic rings. The summed E-state index contributed by atoms with van der Waals surface area (Å²) in [4.78, 5) is 13.2. The largest absolute Gasteiger partial charge is 0.416 e. The minimum absolute atomic E-state index is 0.0124. The number of hydrogen-bond acceptors (Lipinski definition) is 4. The molecule has 0 unspecified atom stereocenters. The minimum atomic E-state index is -4.52. The van der Waals surface area contributed by atoms with Crippen molar-refractivity contribution in [2.24, 2.45) is 17.3 Å². The maximum Gasteiger partial charge on any atom is 0.416 e. The third-order valence-corrected chi connectivity index (χ3v) is 9.37. The van der Waals surface area contributed by atoms with Crippen LogP contribution in [0.2, 0.25) is 0 Å². The van der Waals surface area contributed by atoms with Gasteiger partial charge in [0.1, 0.15) is 0 Å². The lowest BCUT2D eigenvalue weighted by Gasteiger charge is -2.31. The van der Waals surface area contributed by atoms with Gasteiger partial charge in [-0.2, -0.15) is 17.5 Å². The highest BCUT2D eigenvalue weighted by Gasteiger charge is 2.47. The first kappa shape index (κ1) is 28.9. The maximum atomic E-state index is 13.3. The van der Waals surface area contributed by atoms with Gasteiger partial charge in [-0.1, -0.05) is 34.6 Å².